The number of hydrogen-bond acceptors (Lipinski definition) is 3. The van der Waals surface area contributed by atoms with Crippen molar-refractivity contribution in [1.82, 2.24) is 9.80 Å². The van der Waals surface area contributed by atoms with Crippen molar-refractivity contribution in [3.8, 4) is 0 Å². The van der Waals surface area contributed by atoms with Gasteiger partial charge in [0.15, 0.2) is 0 Å². The summed E-state index contributed by atoms with van der Waals surface area (Å²) in [5.41, 5.74) is 0.670. The molecule has 1 amide bonds. The van der Waals surface area contributed by atoms with E-state index in [1.54, 1.807) is 6.07 Å². The Bertz CT molecular complexity index is 478. The van der Waals surface area contributed by atoms with Crippen molar-refractivity contribution in [2.45, 2.75) is 25.8 Å². The van der Waals surface area contributed by atoms with Crippen LogP contribution in [0.2, 0.25) is 5.02 Å². The molecule has 6 heteroatoms. The Labute approximate surface area is 144 Å². The molecule has 0 aromatic heterocycles. The number of likely N-dealkylation sites (N-methyl/N-ethyl adjacent to an activating group) is 1. The summed E-state index contributed by atoms with van der Waals surface area (Å²) in [5.74, 6) is -0.0213. The Kier molecular flexibility index (Phi) is 8.18. The molecule has 1 atom stereocenters. The number of likely N-dealkylation sites (tertiary alicyclic amines) is 1. The van der Waals surface area contributed by atoms with Crippen molar-refractivity contribution in [2.24, 2.45) is 0 Å². The van der Waals surface area contributed by atoms with Crippen molar-refractivity contribution < 1.29 is 4.79 Å². The van der Waals surface area contributed by atoms with Gasteiger partial charge in [0.2, 0.25) is 5.91 Å². The van der Waals surface area contributed by atoms with Gasteiger partial charge in [-0.15, -0.1) is 12.4 Å². The predicted octanol–water partition coefficient (Wildman–Crippen LogP) is 3.12. The average Bonchev–Trinajstić information content (AvgIpc) is 2.99. The molecule has 0 radical (unpaired) electrons. The minimum Gasteiger partial charge on any atom is -0.323 e. The Morgan fingerprint density at radius 1 is 1.36 bits per heavy atom. The van der Waals surface area contributed by atoms with Crippen LogP contribution < -0.4 is 5.32 Å². The van der Waals surface area contributed by atoms with Gasteiger partial charge < -0.3 is 10.2 Å². The molecule has 1 aromatic carbocycles. The number of benzene rings is 1. The molecule has 1 aromatic rings. The van der Waals surface area contributed by atoms with E-state index in [4.69, 9.17) is 11.6 Å². The molecule has 1 unspecified atom stereocenters. The lowest BCUT2D eigenvalue weighted by molar-refractivity contribution is -0.120. The van der Waals surface area contributed by atoms with Crippen molar-refractivity contribution in [2.75, 3.05) is 38.5 Å². The molecule has 2 rings (SSSR count). The van der Waals surface area contributed by atoms with E-state index >= 15 is 0 Å². The molecule has 0 bridgehead atoms. The molecular formula is C16H25Cl2N3O. The maximum absolute atomic E-state index is 12.3. The van der Waals surface area contributed by atoms with Gasteiger partial charge in [0.1, 0.15) is 0 Å². The summed E-state index contributed by atoms with van der Waals surface area (Å²) < 4.78 is 0. The van der Waals surface area contributed by atoms with Crippen LogP contribution in [0.4, 0.5) is 5.69 Å². The predicted molar refractivity (Wildman–Crippen MR) is 95.1 cm³/mol. The van der Waals surface area contributed by atoms with Crippen LogP contribution >= 0.6 is 24.0 Å². The maximum atomic E-state index is 12.3. The molecule has 1 N–H and O–H groups in total. The molecular weight excluding hydrogens is 321 g/mol. The highest BCUT2D eigenvalue weighted by atomic mass is 35.5. The fraction of sp³-hybridized carbons (Fsp3) is 0.562. The maximum Gasteiger partial charge on any atom is 0.241 e. The molecule has 1 aliphatic rings. The Hall–Kier alpha value is -0.810. The minimum atomic E-state index is -0.177. The van der Waals surface area contributed by atoms with E-state index in [2.05, 4.69) is 15.1 Å². The molecule has 0 saturated carbocycles. The molecule has 1 saturated heterocycles. The van der Waals surface area contributed by atoms with Crippen molar-refractivity contribution in [3.63, 3.8) is 0 Å². The first-order chi connectivity index (χ1) is 10.1. The highest BCUT2D eigenvalue weighted by Crippen LogP contribution is 2.20. The SMILES string of the molecule is CC(C(=O)Nc1ccccc1Cl)N(C)CCN1CCCC1.Cl. The van der Waals surface area contributed by atoms with Gasteiger partial charge in [0.25, 0.3) is 0 Å². The lowest BCUT2D eigenvalue weighted by Crippen LogP contribution is -2.43. The topological polar surface area (TPSA) is 35.6 Å². The Balaban J connectivity index is 0.00000242. The molecule has 0 spiro atoms. The second kappa shape index (κ2) is 9.36. The summed E-state index contributed by atoms with van der Waals surface area (Å²) in [6.45, 7) is 6.23. The molecule has 1 heterocycles. The first-order valence-electron chi connectivity index (χ1n) is 7.56. The largest absolute Gasteiger partial charge is 0.323 e. The average molecular weight is 346 g/mol. The number of rotatable bonds is 6. The molecule has 1 aliphatic heterocycles. The quantitative estimate of drug-likeness (QED) is 0.860. The summed E-state index contributed by atoms with van der Waals surface area (Å²) in [5, 5.41) is 3.46. The van der Waals surface area contributed by atoms with Gasteiger partial charge in [-0.1, -0.05) is 23.7 Å². The van der Waals surface area contributed by atoms with E-state index in [1.165, 1.54) is 25.9 Å². The summed E-state index contributed by atoms with van der Waals surface area (Å²) in [4.78, 5) is 16.8. The second-order valence-corrected chi connectivity index (χ2v) is 6.08. The summed E-state index contributed by atoms with van der Waals surface area (Å²) in [6, 6.07) is 7.13. The van der Waals surface area contributed by atoms with Gasteiger partial charge in [-0.2, -0.15) is 0 Å². The third-order valence-electron chi connectivity index (χ3n) is 4.14. The van der Waals surface area contributed by atoms with Crippen LogP contribution in [0.3, 0.4) is 0 Å². The lowest BCUT2D eigenvalue weighted by atomic mass is 10.2. The fourth-order valence-corrected chi connectivity index (χ4v) is 2.68. The van der Waals surface area contributed by atoms with Crippen LogP contribution in [-0.4, -0.2) is 55.0 Å². The zero-order valence-electron chi connectivity index (χ0n) is 13.2. The fourth-order valence-electron chi connectivity index (χ4n) is 2.50. The third-order valence-corrected chi connectivity index (χ3v) is 4.47. The van der Waals surface area contributed by atoms with Crippen LogP contribution in [0.25, 0.3) is 0 Å². The number of nitrogens with zero attached hydrogens (tertiary/aromatic N) is 2. The summed E-state index contributed by atoms with van der Waals surface area (Å²) in [6.07, 6.45) is 2.60. The van der Waals surface area contributed by atoms with E-state index in [9.17, 15) is 4.79 Å². The zero-order chi connectivity index (χ0) is 15.2. The van der Waals surface area contributed by atoms with Gasteiger partial charge in [-0.05, 0) is 52.0 Å². The molecule has 22 heavy (non-hydrogen) atoms. The van der Waals surface area contributed by atoms with Crippen LogP contribution in [-0.2, 0) is 4.79 Å². The number of nitrogens with one attached hydrogen (secondary N) is 1. The van der Waals surface area contributed by atoms with E-state index in [1.807, 2.05) is 32.2 Å². The van der Waals surface area contributed by atoms with E-state index in [0.717, 1.165) is 13.1 Å². The summed E-state index contributed by atoms with van der Waals surface area (Å²) in [7, 11) is 1.99. The van der Waals surface area contributed by atoms with E-state index in [-0.39, 0.29) is 24.4 Å². The number of carbonyl (C=O) groups is 1. The molecule has 0 aliphatic carbocycles. The standard InChI is InChI=1S/C16H24ClN3O.ClH/c1-13(19(2)11-12-20-9-5-6-10-20)16(21)18-15-8-4-3-7-14(15)17;/h3-4,7-8,13H,5-6,9-12H2,1-2H3,(H,18,21);1H. The minimum absolute atomic E-state index is 0. The molecule has 124 valence electrons. The van der Waals surface area contributed by atoms with E-state index < -0.39 is 0 Å². The van der Waals surface area contributed by atoms with Crippen molar-refractivity contribution in [1.29, 1.82) is 0 Å². The Morgan fingerprint density at radius 3 is 2.64 bits per heavy atom. The second-order valence-electron chi connectivity index (χ2n) is 5.67. The molecule has 4 nitrogen and oxygen atoms in total. The van der Waals surface area contributed by atoms with Crippen LogP contribution in [0, 0.1) is 0 Å². The van der Waals surface area contributed by atoms with Crippen molar-refractivity contribution in [3.05, 3.63) is 29.3 Å². The van der Waals surface area contributed by atoms with Crippen LogP contribution in [0.1, 0.15) is 19.8 Å². The highest BCUT2D eigenvalue weighted by molar-refractivity contribution is 6.33. The van der Waals surface area contributed by atoms with Gasteiger partial charge in [0.05, 0.1) is 16.8 Å². The number of halogens is 2. The number of amides is 1. The number of hydrogen-bond donors (Lipinski definition) is 1. The van der Waals surface area contributed by atoms with Crippen molar-refractivity contribution >= 4 is 35.6 Å². The number of carbonyl (C=O) groups excluding carboxylic acids is 1. The number of anilines is 1. The normalized spacial score (nSPS) is 16.4. The van der Waals surface area contributed by atoms with Gasteiger partial charge >= 0.3 is 0 Å². The van der Waals surface area contributed by atoms with Gasteiger partial charge in [-0.25, -0.2) is 0 Å². The van der Waals surface area contributed by atoms with Gasteiger partial charge in [-0.3, -0.25) is 9.69 Å². The Morgan fingerprint density at radius 2 is 2.00 bits per heavy atom. The van der Waals surface area contributed by atoms with Gasteiger partial charge in [0, 0.05) is 13.1 Å². The first kappa shape index (κ1) is 19.2. The zero-order valence-corrected chi connectivity index (χ0v) is 14.8. The molecule has 1 fully saturated rings. The van der Waals surface area contributed by atoms with Crippen LogP contribution in [0.15, 0.2) is 24.3 Å². The highest BCUT2D eigenvalue weighted by Gasteiger charge is 2.20. The van der Waals surface area contributed by atoms with Crippen LogP contribution in [0.5, 0.6) is 0 Å². The monoisotopic (exact) mass is 345 g/mol. The summed E-state index contributed by atoms with van der Waals surface area (Å²) >= 11 is 6.06. The lowest BCUT2D eigenvalue weighted by Gasteiger charge is -2.26. The smallest absolute Gasteiger partial charge is 0.241 e. The first-order valence-corrected chi connectivity index (χ1v) is 7.93. The number of para-hydroxylation sites is 1. The van der Waals surface area contributed by atoms with E-state index in [0.29, 0.717) is 10.7 Å². The third kappa shape index (κ3) is 5.43.